The molecule has 1 fully saturated rings. The fourth-order valence-electron chi connectivity index (χ4n) is 3.89. The van der Waals surface area contributed by atoms with Gasteiger partial charge in [0, 0.05) is 25.7 Å². The zero-order chi connectivity index (χ0) is 19.4. The van der Waals surface area contributed by atoms with Crippen molar-refractivity contribution in [3.05, 3.63) is 0 Å². The molecule has 1 rings (SSSR count). The van der Waals surface area contributed by atoms with E-state index in [1.165, 1.54) is 51.7 Å². The molecule has 0 aliphatic carbocycles. The smallest absolute Gasteiger partial charge is 0.191 e. The highest BCUT2D eigenvalue weighted by Crippen LogP contribution is 2.17. The maximum atomic E-state index is 4.45. The van der Waals surface area contributed by atoms with Crippen molar-refractivity contribution in [2.45, 2.75) is 78.8 Å². The number of guanidine groups is 1. The minimum Gasteiger partial charge on any atom is -0.355 e. The molecule has 2 atom stereocenters. The molecule has 27 heavy (non-hydrogen) atoms. The molecule has 1 aliphatic rings. The molecule has 1 heterocycles. The molecule has 1 aliphatic heterocycles. The molecule has 0 aromatic rings. The highest BCUT2D eigenvalue weighted by atomic mass is 127. The van der Waals surface area contributed by atoms with Gasteiger partial charge >= 0.3 is 0 Å². The normalized spacial score (nSPS) is 17.9. The number of hydrogen-bond donors (Lipinski definition) is 2. The number of aliphatic imine (C=N–C) groups is 1. The van der Waals surface area contributed by atoms with Crippen LogP contribution in [-0.4, -0.2) is 74.2 Å². The third-order valence-electron chi connectivity index (χ3n) is 5.52. The van der Waals surface area contributed by atoms with E-state index in [0.29, 0.717) is 12.1 Å². The Bertz CT molecular complexity index is 379. The lowest BCUT2D eigenvalue weighted by atomic mass is 10.0. The lowest BCUT2D eigenvalue weighted by molar-refractivity contribution is 0.212. The second-order valence-electron chi connectivity index (χ2n) is 8.19. The maximum absolute atomic E-state index is 4.45. The Hall–Kier alpha value is -0.0800. The first-order valence-electron chi connectivity index (χ1n) is 10.9. The third kappa shape index (κ3) is 11.5. The monoisotopic (exact) mass is 495 g/mol. The first kappa shape index (κ1) is 26.9. The van der Waals surface area contributed by atoms with Crippen LogP contribution in [0.15, 0.2) is 4.99 Å². The minimum atomic E-state index is 0. The third-order valence-corrected chi connectivity index (χ3v) is 5.52. The van der Waals surface area contributed by atoms with Crippen molar-refractivity contribution in [2.24, 2.45) is 10.9 Å². The molecule has 162 valence electrons. The zero-order valence-electron chi connectivity index (χ0n) is 18.8. The van der Waals surface area contributed by atoms with Gasteiger partial charge in [-0.2, -0.15) is 0 Å². The Balaban J connectivity index is 0.00000676. The Labute approximate surface area is 186 Å². The van der Waals surface area contributed by atoms with Gasteiger partial charge in [-0.3, -0.25) is 9.89 Å². The van der Waals surface area contributed by atoms with E-state index in [1.54, 1.807) is 0 Å². The molecule has 0 aromatic heterocycles. The summed E-state index contributed by atoms with van der Waals surface area (Å²) in [5.41, 5.74) is 0. The van der Waals surface area contributed by atoms with E-state index in [9.17, 15) is 0 Å². The number of hydrogen-bond acceptors (Lipinski definition) is 3. The quantitative estimate of drug-likeness (QED) is 0.246. The molecule has 6 heteroatoms. The molecule has 0 radical (unpaired) electrons. The van der Waals surface area contributed by atoms with E-state index in [-0.39, 0.29) is 24.0 Å². The van der Waals surface area contributed by atoms with Crippen LogP contribution in [0.3, 0.4) is 0 Å². The highest BCUT2D eigenvalue weighted by Gasteiger charge is 2.23. The summed E-state index contributed by atoms with van der Waals surface area (Å²) in [5, 5.41) is 7.17. The predicted octanol–water partition coefficient (Wildman–Crippen LogP) is 3.79. The molecule has 0 saturated carbocycles. The minimum absolute atomic E-state index is 0. The van der Waals surface area contributed by atoms with Crippen LogP contribution >= 0.6 is 24.0 Å². The number of nitrogens with zero attached hydrogens (tertiary/aromatic N) is 3. The number of nitrogens with one attached hydrogen (secondary N) is 2. The van der Waals surface area contributed by atoms with Gasteiger partial charge in [-0.1, -0.05) is 27.7 Å². The van der Waals surface area contributed by atoms with E-state index < -0.39 is 0 Å². The van der Waals surface area contributed by atoms with Gasteiger partial charge in [0.1, 0.15) is 0 Å². The number of rotatable bonds is 12. The summed E-state index contributed by atoms with van der Waals surface area (Å²) in [6.07, 6.45) is 6.37. The van der Waals surface area contributed by atoms with Crippen molar-refractivity contribution in [1.82, 2.24) is 20.4 Å². The lowest BCUT2D eigenvalue weighted by Crippen LogP contribution is -2.48. The van der Waals surface area contributed by atoms with Crippen LogP contribution in [-0.2, 0) is 0 Å². The summed E-state index contributed by atoms with van der Waals surface area (Å²) >= 11 is 0. The molecule has 0 spiro atoms. The van der Waals surface area contributed by atoms with Crippen molar-refractivity contribution in [1.29, 1.82) is 0 Å². The molecule has 0 amide bonds. The number of likely N-dealkylation sites (tertiary alicyclic amines) is 1. The average molecular weight is 496 g/mol. The van der Waals surface area contributed by atoms with Gasteiger partial charge in [0.15, 0.2) is 5.96 Å². The van der Waals surface area contributed by atoms with Gasteiger partial charge in [-0.05, 0) is 77.7 Å². The van der Waals surface area contributed by atoms with E-state index in [4.69, 9.17) is 0 Å². The summed E-state index contributed by atoms with van der Waals surface area (Å²) in [6.45, 7) is 18.4. The average Bonchev–Trinajstić information content (AvgIpc) is 3.15. The van der Waals surface area contributed by atoms with Gasteiger partial charge in [0.25, 0.3) is 0 Å². The molecule has 5 nitrogen and oxygen atoms in total. The van der Waals surface area contributed by atoms with Crippen molar-refractivity contribution in [2.75, 3.05) is 46.3 Å². The van der Waals surface area contributed by atoms with Crippen molar-refractivity contribution in [3.63, 3.8) is 0 Å². The molecule has 2 unspecified atom stereocenters. The summed E-state index contributed by atoms with van der Waals surface area (Å²) in [7, 11) is 1.88. The van der Waals surface area contributed by atoms with Gasteiger partial charge < -0.3 is 15.5 Å². The van der Waals surface area contributed by atoms with Crippen molar-refractivity contribution >= 4 is 29.9 Å². The second-order valence-corrected chi connectivity index (χ2v) is 8.19. The standard InChI is InChI=1S/C21H45N5.HI/c1-7-25(8-2)13-11-12-19(5)24-21(22-6)23-17-20(16-18(3)4)26-14-9-10-15-26;/h18-20H,7-17H2,1-6H3,(H2,22,23,24);1H. The Morgan fingerprint density at radius 1 is 1.11 bits per heavy atom. The topological polar surface area (TPSA) is 42.9 Å². The van der Waals surface area contributed by atoms with Gasteiger partial charge in [0.05, 0.1) is 0 Å². The molecular formula is C21H46IN5. The Morgan fingerprint density at radius 3 is 2.26 bits per heavy atom. The lowest BCUT2D eigenvalue weighted by Gasteiger charge is -2.30. The Kier molecular flexibility index (Phi) is 15.8. The van der Waals surface area contributed by atoms with Crippen LogP contribution in [0, 0.1) is 5.92 Å². The fourth-order valence-corrected chi connectivity index (χ4v) is 3.89. The van der Waals surface area contributed by atoms with E-state index >= 15 is 0 Å². The molecule has 2 N–H and O–H groups in total. The van der Waals surface area contributed by atoms with E-state index in [0.717, 1.165) is 31.5 Å². The first-order valence-corrected chi connectivity index (χ1v) is 10.9. The second kappa shape index (κ2) is 15.8. The van der Waals surface area contributed by atoms with Crippen LogP contribution in [0.2, 0.25) is 0 Å². The largest absolute Gasteiger partial charge is 0.355 e. The van der Waals surface area contributed by atoms with Crippen LogP contribution in [0.5, 0.6) is 0 Å². The molecular weight excluding hydrogens is 449 g/mol. The van der Waals surface area contributed by atoms with Crippen LogP contribution in [0.4, 0.5) is 0 Å². The van der Waals surface area contributed by atoms with E-state index in [2.05, 4.69) is 60.0 Å². The number of halogens is 1. The van der Waals surface area contributed by atoms with Crippen LogP contribution in [0.1, 0.15) is 66.7 Å². The molecule has 1 saturated heterocycles. The first-order chi connectivity index (χ1) is 12.5. The van der Waals surface area contributed by atoms with Crippen LogP contribution < -0.4 is 10.6 Å². The van der Waals surface area contributed by atoms with Gasteiger partial charge in [0.2, 0.25) is 0 Å². The van der Waals surface area contributed by atoms with E-state index in [1.807, 2.05) is 7.05 Å². The van der Waals surface area contributed by atoms with Gasteiger partial charge in [-0.15, -0.1) is 24.0 Å². The van der Waals surface area contributed by atoms with Crippen molar-refractivity contribution in [3.8, 4) is 0 Å². The van der Waals surface area contributed by atoms with Gasteiger partial charge in [-0.25, -0.2) is 0 Å². The summed E-state index contributed by atoms with van der Waals surface area (Å²) < 4.78 is 0. The Morgan fingerprint density at radius 2 is 1.74 bits per heavy atom. The maximum Gasteiger partial charge on any atom is 0.191 e. The summed E-state index contributed by atoms with van der Waals surface area (Å²) in [4.78, 5) is 9.60. The summed E-state index contributed by atoms with van der Waals surface area (Å²) in [6, 6.07) is 1.07. The zero-order valence-corrected chi connectivity index (χ0v) is 21.1. The molecule has 0 aromatic carbocycles. The highest BCUT2D eigenvalue weighted by molar-refractivity contribution is 14.0. The predicted molar refractivity (Wildman–Crippen MR) is 130 cm³/mol. The van der Waals surface area contributed by atoms with Crippen molar-refractivity contribution < 1.29 is 0 Å². The fraction of sp³-hybridized carbons (Fsp3) is 0.952. The molecule has 0 bridgehead atoms. The summed E-state index contributed by atoms with van der Waals surface area (Å²) in [5.74, 6) is 1.68. The van der Waals surface area contributed by atoms with Crippen LogP contribution in [0.25, 0.3) is 0 Å². The SMILES string of the molecule is CCN(CC)CCCC(C)NC(=NC)NCC(CC(C)C)N1CCCC1.I.